The van der Waals surface area contributed by atoms with Crippen molar-refractivity contribution >= 4 is 17.8 Å². The standard InChI is InChI=1S/C17H23N3O2/c1-13(19-16(21)22-17(2,3)4)7-5-8-14-11-18-15-9-6-10-20(15)12-14/h5-6,8-13H,7H2,1-4H3,(H,19,21)/b8-5+/t13-/m0/s1. The van der Waals surface area contributed by atoms with Gasteiger partial charge < -0.3 is 14.5 Å². The van der Waals surface area contributed by atoms with E-state index in [9.17, 15) is 4.79 Å². The smallest absolute Gasteiger partial charge is 0.407 e. The average molecular weight is 301 g/mol. The summed E-state index contributed by atoms with van der Waals surface area (Å²) in [5.74, 6) is 0. The number of fused-ring (bicyclic) bond motifs is 1. The van der Waals surface area contributed by atoms with Crippen LogP contribution in [-0.4, -0.2) is 27.1 Å². The maximum atomic E-state index is 11.6. The molecule has 0 fully saturated rings. The molecule has 2 rings (SSSR count). The summed E-state index contributed by atoms with van der Waals surface area (Å²) in [5, 5.41) is 2.81. The van der Waals surface area contributed by atoms with Crippen molar-refractivity contribution in [3.8, 4) is 0 Å². The molecule has 2 heterocycles. The van der Waals surface area contributed by atoms with Gasteiger partial charge in [-0.2, -0.15) is 0 Å². The molecule has 0 aromatic carbocycles. The Balaban J connectivity index is 1.84. The van der Waals surface area contributed by atoms with Crippen molar-refractivity contribution in [2.45, 2.75) is 45.8 Å². The molecule has 0 saturated carbocycles. The van der Waals surface area contributed by atoms with E-state index < -0.39 is 5.60 Å². The lowest BCUT2D eigenvalue weighted by Crippen LogP contribution is -2.37. The van der Waals surface area contributed by atoms with Gasteiger partial charge in [-0.3, -0.25) is 0 Å². The van der Waals surface area contributed by atoms with Gasteiger partial charge >= 0.3 is 6.09 Å². The summed E-state index contributed by atoms with van der Waals surface area (Å²) < 4.78 is 7.20. The summed E-state index contributed by atoms with van der Waals surface area (Å²) >= 11 is 0. The number of ether oxygens (including phenoxy) is 1. The van der Waals surface area contributed by atoms with Gasteiger partial charge in [-0.05, 0) is 46.2 Å². The normalized spacial score (nSPS) is 13.5. The van der Waals surface area contributed by atoms with E-state index in [2.05, 4.69) is 10.3 Å². The number of aromatic nitrogens is 2. The Morgan fingerprint density at radius 1 is 1.50 bits per heavy atom. The summed E-state index contributed by atoms with van der Waals surface area (Å²) in [7, 11) is 0. The van der Waals surface area contributed by atoms with Crippen molar-refractivity contribution in [3.63, 3.8) is 0 Å². The molecule has 0 radical (unpaired) electrons. The molecule has 2 aromatic rings. The summed E-state index contributed by atoms with van der Waals surface area (Å²) in [6.45, 7) is 7.49. The van der Waals surface area contributed by atoms with Crippen molar-refractivity contribution in [2.75, 3.05) is 0 Å². The molecule has 0 spiro atoms. The van der Waals surface area contributed by atoms with E-state index in [0.29, 0.717) is 0 Å². The van der Waals surface area contributed by atoms with E-state index in [4.69, 9.17) is 4.74 Å². The fourth-order valence-electron chi connectivity index (χ4n) is 2.00. The summed E-state index contributed by atoms with van der Waals surface area (Å²) in [5.41, 5.74) is 1.47. The second-order valence-electron chi connectivity index (χ2n) is 6.35. The molecule has 2 aromatic heterocycles. The molecule has 0 saturated heterocycles. The van der Waals surface area contributed by atoms with E-state index >= 15 is 0 Å². The molecule has 0 aliphatic rings. The van der Waals surface area contributed by atoms with E-state index in [1.165, 1.54) is 0 Å². The zero-order chi connectivity index (χ0) is 16.2. The molecule has 0 aliphatic carbocycles. The molecule has 1 atom stereocenters. The van der Waals surface area contributed by atoms with Gasteiger partial charge in [-0.15, -0.1) is 0 Å². The van der Waals surface area contributed by atoms with Crippen LogP contribution < -0.4 is 5.32 Å². The van der Waals surface area contributed by atoms with Gasteiger partial charge in [0.05, 0.1) is 0 Å². The Labute approximate surface area is 131 Å². The first-order valence-corrected chi connectivity index (χ1v) is 7.42. The third kappa shape index (κ3) is 4.91. The molecule has 5 heteroatoms. The number of rotatable bonds is 4. The van der Waals surface area contributed by atoms with Crippen LogP contribution in [0.1, 0.15) is 39.7 Å². The number of nitrogens with zero attached hydrogens (tertiary/aromatic N) is 2. The van der Waals surface area contributed by atoms with Crippen LogP contribution in [0.5, 0.6) is 0 Å². The molecule has 0 unspecified atom stereocenters. The van der Waals surface area contributed by atoms with Gasteiger partial charge in [-0.25, -0.2) is 9.78 Å². The van der Waals surface area contributed by atoms with E-state index in [0.717, 1.165) is 17.6 Å². The second-order valence-corrected chi connectivity index (χ2v) is 6.35. The molecule has 1 N–H and O–H groups in total. The van der Waals surface area contributed by atoms with Crippen LogP contribution in [0.2, 0.25) is 0 Å². The molecule has 0 aliphatic heterocycles. The molecular formula is C17H23N3O2. The third-order valence-electron chi connectivity index (χ3n) is 2.95. The first-order valence-electron chi connectivity index (χ1n) is 7.42. The van der Waals surface area contributed by atoms with Crippen LogP contribution in [0.15, 0.2) is 36.8 Å². The molecule has 0 bridgehead atoms. The number of hydrogen-bond acceptors (Lipinski definition) is 3. The van der Waals surface area contributed by atoms with Crippen molar-refractivity contribution in [1.29, 1.82) is 0 Å². The lowest BCUT2D eigenvalue weighted by atomic mass is 10.2. The van der Waals surface area contributed by atoms with Gasteiger partial charge in [0.15, 0.2) is 0 Å². The van der Waals surface area contributed by atoms with Crippen LogP contribution in [-0.2, 0) is 4.74 Å². The topological polar surface area (TPSA) is 55.6 Å². The van der Waals surface area contributed by atoms with Crippen molar-refractivity contribution in [1.82, 2.24) is 14.7 Å². The Morgan fingerprint density at radius 3 is 3.00 bits per heavy atom. The van der Waals surface area contributed by atoms with Gasteiger partial charge in [0, 0.05) is 30.2 Å². The largest absolute Gasteiger partial charge is 0.444 e. The Kier molecular flexibility index (Phi) is 4.85. The van der Waals surface area contributed by atoms with E-state index in [1.54, 1.807) is 0 Å². The lowest BCUT2D eigenvalue weighted by molar-refractivity contribution is 0.0509. The maximum absolute atomic E-state index is 11.6. The minimum absolute atomic E-state index is 0.00867. The van der Waals surface area contributed by atoms with Gasteiger partial charge in [0.2, 0.25) is 0 Å². The van der Waals surface area contributed by atoms with E-state index in [-0.39, 0.29) is 12.1 Å². The second kappa shape index (κ2) is 6.64. The predicted molar refractivity (Wildman–Crippen MR) is 87.7 cm³/mol. The number of carbonyl (C=O) groups is 1. The maximum Gasteiger partial charge on any atom is 0.407 e. The Bertz CT molecular complexity index is 668. The number of hydrogen-bond donors (Lipinski definition) is 1. The molecule has 22 heavy (non-hydrogen) atoms. The van der Waals surface area contributed by atoms with Crippen molar-refractivity contribution in [2.24, 2.45) is 0 Å². The fraction of sp³-hybridized carbons (Fsp3) is 0.412. The molecule has 118 valence electrons. The number of nitrogens with one attached hydrogen (secondary N) is 1. The fourth-order valence-corrected chi connectivity index (χ4v) is 2.00. The minimum Gasteiger partial charge on any atom is -0.444 e. The highest BCUT2D eigenvalue weighted by atomic mass is 16.6. The minimum atomic E-state index is -0.475. The van der Waals surface area contributed by atoms with Crippen molar-refractivity contribution < 1.29 is 9.53 Å². The van der Waals surface area contributed by atoms with Gasteiger partial charge in [0.1, 0.15) is 11.2 Å². The van der Waals surface area contributed by atoms with Crippen LogP contribution in [0, 0.1) is 0 Å². The third-order valence-corrected chi connectivity index (χ3v) is 2.95. The van der Waals surface area contributed by atoms with Crippen LogP contribution >= 0.6 is 0 Å². The van der Waals surface area contributed by atoms with Crippen LogP contribution in [0.25, 0.3) is 11.7 Å². The van der Waals surface area contributed by atoms with Crippen molar-refractivity contribution in [3.05, 3.63) is 42.4 Å². The highest BCUT2D eigenvalue weighted by molar-refractivity contribution is 5.68. The highest BCUT2D eigenvalue weighted by Crippen LogP contribution is 2.08. The summed E-state index contributed by atoms with van der Waals surface area (Å²) in [6, 6.07) is 3.93. The predicted octanol–water partition coefficient (Wildman–Crippen LogP) is 3.65. The molecule has 5 nitrogen and oxygen atoms in total. The summed E-state index contributed by atoms with van der Waals surface area (Å²) in [4.78, 5) is 16.0. The number of amides is 1. The van der Waals surface area contributed by atoms with Crippen LogP contribution in [0.4, 0.5) is 4.79 Å². The van der Waals surface area contributed by atoms with Crippen LogP contribution in [0.3, 0.4) is 0 Å². The molecular weight excluding hydrogens is 278 g/mol. The highest BCUT2D eigenvalue weighted by Gasteiger charge is 2.17. The molecule has 1 amide bonds. The summed E-state index contributed by atoms with van der Waals surface area (Å²) in [6.07, 6.45) is 10.2. The first kappa shape index (κ1) is 16.1. The SMILES string of the molecule is C[C@@H](C/C=C/c1cnc2cccn2c1)NC(=O)OC(C)(C)C. The monoisotopic (exact) mass is 301 g/mol. The van der Waals surface area contributed by atoms with Gasteiger partial charge in [-0.1, -0.05) is 12.2 Å². The zero-order valence-corrected chi connectivity index (χ0v) is 13.5. The Morgan fingerprint density at radius 2 is 2.27 bits per heavy atom. The quantitative estimate of drug-likeness (QED) is 0.937. The number of alkyl carbamates (subject to hydrolysis) is 1. The first-order chi connectivity index (χ1) is 10.3. The van der Waals surface area contributed by atoms with Gasteiger partial charge in [0.25, 0.3) is 0 Å². The lowest BCUT2D eigenvalue weighted by Gasteiger charge is -2.21. The Hall–Kier alpha value is -2.30. The van der Waals surface area contributed by atoms with E-state index in [1.807, 2.05) is 75.0 Å². The average Bonchev–Trinajstić information content (AvgIpc) is 2.83. The number of carbonyl (C=O) groups excluding carboxylic acids is 1. The zero-order valence-electron chi connectivity index (χ0n) is 13.5.